The predicted octanol–water partition coefficient (Wildman–Crippen LogP) is 3.13. The Morgan fingerprint density at radius 3 is 2.91 bits per heavy atom. The number of carbonyl (C=O) groups is 1. The van der Waals surface area contributed by atoms with Crippen molar-refractivity contribution < 1.29 is 19.0 Å². The number of rotatable bonds is 4. The lowest BCUT2D eigenvalue weighted by atomic mass is 9.87. The summed E-state index contributed by atoms with van der Waals surface area (Å²) in [5.74, 6) is 0.459. The molecule has 172 valence electrons. The zero-order valence-corrected chi connectivity index (χ0v) is 19.2. The van der Waals surface area contributed by atoms with Crippen LogP contribution < -0.4 is 4.74 Å². The van der Waals surface area contributed by atoms with Gasteiger partial charge in [-0.05, 0) is 43.5 Å². The number of hydrogen-bond acceptors (Lipinski definition) is 7. The van der Waals surface area contributed by atoms with Gasteiger partial charge in [0, 0.05) is 31.4 Å². The van der Waals surface area contributed by atoms with E-state index >= 15 is 0 Å². The number of ether oxygens (including phenoxy) is 3. The van der Waals surface area contributed by atoms with Crippen LogP contribution in [0.3, 0.4) is 0 Å². The van der Waals surface area contributed by atoms with E-state index in [4.69, 9.17) is 19.2 Å². The first-order valence-corrected chi connectivity index (χ1v) is 11.3. The third kappa shape index (κ3) is 4.41. The number of hydrogen-bond donors (Lipinski definition) is 0. The van der Waals surface area contributed by atoms with Crippen LogP contribution in [0.2, 0.25) is 0 Å². The third-order valence-electron chi connectivity index (χ3n) is 6.30. The lowest BCUT2D eigenvalue weighted by Crippen LogP contribution is -2.46. The molecule has 2 aliphatic heterocycles. The Balaban J connectivity index is 1.45. The van der Waals surface area contributed by atoms with E-state index < -0.39 is 0 Å². The first-order valence-electron chi connectivity index (χ1n) is 11.3. The molecule has 1 fully saturated rings. The number of morpholine rings is 1. The maximum absolute atomic E-state index is 11.7. The van der Waals surface area contributed by atoms with Crippen LogP contribution in [0.4, 0.5) is 0 Å². The lowest BCUT2D eigenvalue weighted by Gasteiger charge is -2.33. The van der Waals surface area contributed by atoms with Crippen LogP contribution in [0.15, 0.2) is 36.7 Å². The minimum Gasteiger partial charge on any atom is -0.473 e. The van der Waals surface area contributed by atoms with Gasteiger partial charge in [-0.1, -0.05) is 12.1 Å². The highest BCUT2D eigenvalue weighted by Gasteiger charge is 2.28. The van der Waals surface area contributed by atoms with Crippen molar-refractivity contribution >= 4 is 16.9 Å². The van der Waals surface area contributed by atoms with Crippen molar-refractivity contribution in [1.29, 1.82) is 0 Å². The van der Waals surface area contributed by atoms with Gasteiger partial charge < -0.3 is 19.1 Å². The summed E-state index contributed by atoms with van der Waals surface area (Å²) in [7, 11) is 0. The molecule has 0 aliphatic carbocycles. The molecule has 2 aromatic heterocycles. The average molecular weight is 449 g/mol. The highest BCUT2D eigenvalue weighted by Crippen LogP contribution is 2.35. The maximum atomic E-state index is 11.7. The Hall–Kier alpha value is -3.10. The zero-order valence-electron chi connectivity index (χ0n) is 19.2. The second-order valence-corrected chi connectivity index (χ2v) is 8.99. The lowest BCUT2D eigenvalue weighted by molar-refractivity contribution is -0.137. The van der Waals surface area contributed by atoms with E-state index in [0.717, 1.165) is 17.7 Å². The summed E-state index contributed by atoms with van der Waals surface area (Å²) in [5.41, 5.74) is 5.28. The third-order valence-corrected chi connectivity index (χ3v) is 6.30. The van der Waals surface area contributed by atoms with Crippen molar-refractivity contribution in [3.63, 3.8) is 0 Å². The fourth-order valence-corrected chi connectivity index (χ4v) is 4.51. The van der Waals surface area contributed by atoms with Gasteiger partial charge in [0.25, 0.3) is 0 Å². The molecule has 1 atom stereocenters. The van der Waals surface area contributed by atoms with Gasteiger partial charge in [-0.15, -0.1) is 0 Å². The van der Waals surface area contributed by atoms with Crippen LogP contribution in [0.5, 0.6) is 5.88 Å². The van der Waals surface area contributed by atoms with E-state index in [0.29, 0.717) is 43.2 Å². The van der Waals surface area contributed by atoms with Crippen molar-refractivity contribution in [3.05, 3.63) is 47.8 Å². The number of benzene rings is 1. The molecule has 0 radical (unpaired) electrons. The summed E-state index contributed by atoms with van der Waals surface area (Å²) in [6.45, 7) is 8.35. The molecule has 8 nitrogen and oxygen atoms in total. The fourth-order valence-electron chi connectivity index (χ4n) is 4.51. The molecule has 2 aliphatic rings. The van der Waals surface area contributed by atoms with Crippen LogP contribution in [-0.4, -0.2) is 64.8 Å². The molecule has 8 heteroatoms. The van der Waals surface area contributed by atoms with Crippen molar-refractivity contribution in [3.8, 4) is 17.1 Å². The molecule has 5 rings (SSSR count). The molecule has 1 aromatic carbocycles. The van der Waals surface area contributed by atoms with Crippen molar-refractivity contribution in [2.75, 3.05) is 32.9 Å². The highest BCUT2D eigenvalue weighted by atomic mass is 16.5. The first kappa shape index (κ1) is 21.7. The van der Waals surface area contributed by atoms with Gasteiger partial charge in [-0.25, -0.2) is 9.97 Å². The SMILES string of the molecule is CC(=O)N1CCO[C@H](COc2nc(-c3ccc4c(c3)CCOC4(C)C)cc3nccnc23)C1. The van der Waals surface area contributed by atoms with Crippen molar-refractivity contribution in [1.82, 2.24) is 19.9 Å². The second-order valence-electron chi connectivity index (χ2n) is 8.99. The number of fused-ring (bicyclic) bond motifs is 2. The number of nitrogens with zero attached hydrogens (tertiary/aromatic N) is 4. The molecule has 3 aromatic rings. The molecule has 0 spiro atoms. The number of amides is 1. The van der Waals surface area contributed by atoms with E-state index in [9.17, 15) is 4.79 Å². The van der Waals surface area contributed by atoms with Gasteiger partial charge in [-0.3, -0.25) is 9.78 Å². The summed E-state index contributed by atoms with van der Waals surface area (Å²) < 4.78 is 17.8. The van der Waals surface area contributed by atoms with Gasteiger partial charge in [0.2, 0.25) is 11.8 Å². The molecular weight excluding hydrogens is 420 g/mol. The van der Waals surface area contributed by atoms with Gasteiger partial charge in [0.1, 0.15) is 12.7 Å². The van der Waals surface area contributed by atoms with Gasteiger partial charge in [0.05, 0.1) is 36.6 Å². The minimum absolute atomic E-state index is 0.0423. The first-order chi connectivity index (χ1) is 15.9. The van der Waals surface area contributed by atoms with Crippen LogP contribution in [0.1, 0.15) is 31.9 Å². The quantitative estimate of drug-likeness (QED) is 0.606. The average Bonchev–Trinajstić information content (AvgIpc) is 2.82. The topological polar surface area (TPSA) is 86.7 Å². The molecule has 1 saturated heterocycles. The highest BCUT2D eigenvalue weighted by molar-refractivity contribution is 5.83. The molecule has 1 amide bonds. The van der Waals surface area contributed by atoms with Crippen molar-refractivity contribution in [2.24, 2.45) is 0 Å². The van der Waals surface area contributed by atoms with Gasteiger partial charge in [0.15, 0.2) is 5.52 Å². The minimum atomic E-state index is -0.295. The Morgan fingerprint density at radius 1 is 1.21 bits per heavy atom. The Morgan fingerprint density at radius 2 is 2.06 bits per heavy atom. The smallest absolute Gasteiger partial charge is 0.242 e. The van der Waals surface area contributed by atoms with Crippen LogP contribution in [-0.2, 0) is 26.3 Å². The summed E-state index contributed by atoms with van der Waals surface area (Å²) in [5, 5.41) is 0. The molecule has 0 N–H and O–H groups in total. The monoisotopic (exact) mass is 448 g/mol. The van der Waals surface area contributed by atoms with Crippen molar-refractivity contribution in [2.45, 2.75) is 38.9 Å². The van der Waals surface area contributed by atoms with Crippen LogP contribution in [0.25, 0.3) is 22.3 Å². The molecule has 0 saturated carbocycles. The van der Waals surface area contributed by atoms with Crippen LogP contribution in [0, 0.1) is 0 Å². The maximum Gasteiger partial charge on any atom is 0.242 e. The summed E-state index contributed by atoms with van der Waals surface area (Å²) in [6.07, 6.45) is 3.95. The number of aromatic nitrogens is 3. The van der Waals surface area contributed by atoms with E-state index in [1.807, 2.05) is 6.07 Å². The summed E-state index contributed by atoms with van der Waals surface area (Å²) in [6, 6.07) is 8.32. The largest absolute Gasteiger partial charge is 0.473 e. The fraction of sp³-hybridized carbons (Fsp3) is 0.440. The Labute approximate surface area is 192 Å². The molecule has 4 heterocycles. The number of pyridine rings is 1. The zero-order chi connectivity index (χ0) is 23.0. The standard InChI is InChI=1S/C25H28N4O4/c1-16(30)29-9-11-31-19(14-29)15-32-24-23-22(26-7-8-27-23)13-21(28-24)18-4-5-20-17(12-18)6-10-33-25(20,2)3/h4-5,7-8,12-13,19H,6,9-11,14-15H2,1-3H3/t19-/m0/s1. The van der Waals surface area contributed by atoms with Gasteiger partial charge in [-0.2, -0.15) is 0 Å². The molecule has 0 unspecified atom stereocenters. The predicted molar refractivity (Wildman–Crippen MR) is 123 cm³/mol. The summed E-state index contributed by atoms with van der Waals surface area (Å²) in [4.78, 5) is 27.2. The van der Waals surface area contributed by atoms with E-state index in [-0.39, 0.29) is 24.2 Å². The van der Waals surface area contributed by atoms with E-state index in [1.54, 1.807) is 24.2 Å². The second kappa shape index (κ2) is 8.68. The Bertz CT molecular complexity index is 1200. The van der Waals surface area contributed by atoms with Crippen LogP contribution >= 0.6 is 0 Å². The molecular formula is C25H28N4O4. The number of carbonyl (C=O) groups excluding carboxylic acids is 1. The molecule has 0 bridgehead atoms. The van der Waals surface area contributed by atoms with E-state index in [2.05, 4.69) is 42.0 Å². The normalized spacial score (nSPS) is 19.8. The molecule has 33 heavy (non-hydrogen) atoms. The Kier molecular flexibility index (Phi) is 5.72. The van der Waals surface area contributed by atoms with Gasteiger partial charge >= 0.3 is 0 Å². The van der Waals surface area contributed by atoms with E-state index in [1.165, 1.54) is 11.1 Å². The summed E-state index contributed by atoms with van der Waals surface area (Å²) >= 11 is 0.